The van der Waals surface area contributed by atoms with Gasteiger partial charge < -0.3 is 5.73 Å². The molecule has 3 heterocycles. The molecule has 0 aliphatic heterocycles. The first kappa shape index (κ1) is 19.4. The van der Waals surface area contributed by atoms with E-state index in [4.69, 9.17) is 10.7 Å². The number of fused-ring (bicyclic) bond motifs is 1. The van der Waals surface area contributed by atoms with Gasteiger partial charge in [0.2, 0.25) is 0 Å². The van der Waals surface area contributed by atoms with Gasteiger partial charge in [0.1, 0.15) is 9.71 Å². The van der Waals surface area contributed by atoms with E-state index in [1.165, 1.54) is 22.7 Å². The maximum Gasteiger partial charge on any atom is 0.269 e. The molecule has 152 valence electrons. The zero-order valence-electron chi connectivity index (χ0n) is 16.6. The second-order valence-corrected chi connectivity index (χ2v) is 8.92. The molecule has 0 fully saturated rings. The Morgan fingerprint density at radius 2 is 1.65 bits per heavy atom. The van der Waals surface area contributed by atoms with E-state index >= 15 is 0 Å². The van der Waals surface area contributed by atoms with Crippen molar-refractivity contribution in [3.63, 3.8) is 0 Å². The summed E-state index contributed by atoms with van der Waals surface area (Å²) in [5.74, 6) is -0.268. The van der Waals surface area contributed by atoms with E-state index < -0.39 is 0 Å². The highest BCUT2D eigenvalue weighted by Gasteiger charge is 2.22. The van der Waals surface area contributed by atoms with Crippen LogP contribution in [0.5, 0.6) is 0 Å². The Morgan fingerprint density at radius 1 is 0.968 bits per heavy atom. The minimum atomic E-state index is -0.268. The molecule has 0 aliphatic carbocycles. The number of thiophene rings is 1. The number of carbonyl (C=O) groups excluding carboxylic acids is 1. The van der Waals surface area contributed by atoms with E-state index in [1.807, 2.05) is 79.0 Å². The molecule has 0 spiro atoms. The summed E-state index contributed by atoms with van der Waals surface area (Å²) in [5, 5.41) is 6.11. The third kappa shape index (κ3) is 3.69. The van der Waals surface area contributed by atoms with Crippen molar-refractivity contribution in [1.82, 2.24) is 9.97 Å². The Kier molecular flexibility index (Phi) is 4.97. The van der Waals surface area contributed by atoms with Gasteiger partial charge in [-0.05, 0) is 24.1 Å². The fourth-order valence-corrected chi connectivity index (χ4v) is 5.16. The number of aromatic nitrogens is 2. The monoisotopic (exact) mass is 442 g/mol. The molecule has 0 saturated carbocycles. The van der Waals surface area contributed by atoms with Crippen LogP contribution in [-0.2, 0) is 0 Å². The van der Waals surface area contributed by atoms with Gasteiger partial charge in [0.25, 0.3) is 5.91 Å². The predicted molar refractivity (Wildman–Crippen MR) is 130 cm³/mol. The summed E-state index contributed by atoms with van der Waals surface area (Å²) in [7, 11) is 0. The molecule has 1 amide bonds. The minimum absolute atomic E-state index is 0.268. The number of nitrogens with two attached hydrogens (primary N) is 1. The summed E-state index contributed by atoms with van der Waals surface area (Å²) in [6, 6.07) is 22.1. The number of thiazole rings is 1. The molecule has 31 heavy (non-hydrogen) atoms. The number of aryl methyl sites for hydroxylation is 1. The lowest BCUT2D eigenvalue weighted by atomic mass is 9.99. The van der Waals surface area contributed by atoms with E-state index in [0.717, 1.165) is 38.3 Å². The lowest BCUT2D eigenvalue weighted by Gasteiger charge is -2.09. The summed E-state index contributed by atoms with van der Waals surface area (Å²) in [6.07, 6.45) is 0. The average Bonchev–Trinajstić information content (AvgIpc) is 3.37. The fourth-order valence-electron chi connectivity index (χ4n) is 3.46. The number of benzene rings is 2. The topological polar surface area (TPSA) is 80.9 Å². The van der Waals surface area contributed by atoms with Gasteiger partial charge in [-0.25, -0.2) is 9.97 Å². The lowest BCUT2D eigenvalue weighted by Crippen LogP contribution is -2.11. The number of nitrogens with one attached hydrogen (secondary N) is 1. The molecule has 0 atom stereocenters. The molecule has 5 aromatic rings. The van der Waals surface area contributed by atoms with E-state index in [-0.39, 0.29) is 5.91 Å². The molecule has 3 aromatic heterocycles. The highest BCUT2D eigenvalue weighted by atomic mass is 32.1. The smallest absolute Gasteiger partial charge is 0.269 e. The zero-order chi connectivity index (χ0) is 21.4. The normalized spacial score (nSPS) is 11.0. The molecule has 5 rings (SSSR count). The maximum atomic E-state index is 13.0. The second kappa shape index (κ2) is 7.94. The summed E-state index contributed by atoms with van der Waals surface area (Å²) in [5.41, 5.74) is 11.7. The minimum Gasteiger partial charge on any atom is -0.397 e. The summed E-state index contributed by atoms with van der Waals surface area (Å²) >= 11 is 2.69. The number of carbonyl (C=O) groups is 1. The van der Waals surface area contributed by atoms with Crippen molar-refractivity contribution in [3.8, 4) is 22.4 Å². The van der Waals surface area contributed by atoms with Crippen LogP contribution in [0.1, 0.15) is 15.4 Å². The van der Waals surface area contributed by atoms with Gasteiger partial charge in [-0.3, -0.25) is 10.1 Å². The Morgan fingerprint density at radius 3 is 2.29 bits per heavy atom. The second-order valence-electron chi connectivity index (χ2n) is 7.06. The third-order valence-corrected chi connectivity index (χ3v) is 6.87. The van der Waals surface area contributed by atoms with Crippen LogP contribution in [0, 0.1) is 6.92 Å². The van der Waals surface area contributed by atoms with Gasteiger partial charge in [-0.15, -0.1) is 22.7 Å². The average molecular weight is 443 g/mol. The van der Waals surface area contributed by atoms with Crippen molar-refractivity contribution >= 4 is 49.6 Å². The number of pyridine rings is 1. The first-order valence-electron chi connectivity index (χ1n) is 9.67. The number of hydrogen-bond acceptors (Lipinski definition) is 6. The zero-order valence-corrected chi connectivity index (χ0v) is 18.3. The van der Waals surface area contributed by atoms with Crippen molar-refractivity contribution in [1.29, 1.82) is 0 Å². The molecule has 0 saturated heterocycles. The van der Waals surface area contributed by atoms with Crippen molar-refractivity contribution in [2.45, 2.75) is 6.92 Å². The number of anilines is 2. The molecule has 3 N–H and O–H groups in total. The number of amides is 1. The molecular weight excluding hydrogens is 424 g/mol. The Hall–Kier alpha value is -3.55. The number of nitrogen functional groups attached to an aromatic ring is 1. The first-order chi connectivity index (χ1) is 15.1. The van der Waals surface area contributed by atoms with Crippen LogP contribution < -0.4 is 11.1 Å². The van der Waals surface area contributed by atoms with Crippen molar-refractivity contribution in [2.24, 2.45) is 0 Å². The van der Waals surface area contributed by atoms with Crippen LogP contribution in [0.3, 0.4) is 0 Å². The number of rotatable bonds is 4. The first-order valence-corrected chi connectivity index (χ1v) is 11.4. The molecule has 0 radical (unpaired) electrons. The fraction of sp³-hybridized carbons (Fsp3) is 0.0417. The number of hydrogen-bond donors (Lipinski definition) is 2. The molecule has 7 heteroatoms. The van der Waals surface area contributed by atoms with Gasteiger partial charge in [-0.1, -0.05) is 60.7 Å². The Bertz CT molecular complexity index is 1390. The van der Waals surface area contributed by atoms with E-state index in [2.05, 4.69) is 10.3 Å². The van der Waals surface area contributed by atoms with Crippen LogP contribution in [0.15, 0.2) is 72.1 Å². The van der Waals surface area contributed by atoms with Crippen LogP contribution in [-0.4, -0.2) is 15.9 Å². The van der Waals surface area contributed by atoms with Gasteiger partial charge in [-0.2, -0.15) is 0 Å². The molecular formula is C24H18N4OS2. The SMILES string of the molecule is Cc1csc(NC(=O)c2sc3nc(-c4ccccc4)cc(-c4ccccc4)c3c2N)n1. The maximum absolute atomic E-state index is 13.0. The molecule has 2 aromatic carbocycles. The van der Waals surface area contributed by atoms with E-state index in [9.17, 15) is 4.79 Å². The quantitative estimate of drug-likeness (QED) is 0.346. The van der Waals surface area contributed by atoms with Gasteiger partial charge >= 0.3 is 0 Å². The van der Waals surface area contributed by atoms with Crippen LogP contribution >= 0.6 is 22.7 Å². The molecule has 0 unspecified atom stereocenters. The van der Waals surface area contributed by atoms with E-state index in [0.29, 0.717) is 15.7 Å². The van der Waals surface area contributed by atoms with E-state index in [1.54, 1.807) is 0 Å². The van der Waals surface area contributed by atoms with Crippen molar-refractivity contribution < 1.29 is 4.79 Å². The highest BCUT2D eigenvalue weighted by Crippen LogP contribution is 2.41. The Labute approximate surface area is 187 Å². The van der Waals surface area contributed by atoms with Gasteiger partial charge in [0.15, 0.2) is 5.13 Å². The summed E-state index contributed by atoms with van der Waals surface area (Å²) in [4.78, 5) is 23.3. The van der Waals surface area contributed by atoms with Crippen molar-refractivity contribution in [3.05, 3.63) is 82.7 Å². The highest BCUT2D eigenvalue weighted by molar-refractivity contribution is 7.21. The summed E-state index contributed by atoms with van der Waals surface area (Å²) in [6.45, 7) is 1.89. The third-order valence-electron chi connectivity index (χ3n) is 4.90. The van der Waals surface area contributed by atoms with Crippen LogP contribution in [0.4, 0.5) is 10.8 Å². The van der Waals surface area contributed by atoms with Gasteiger partial charge in [0.05, 0.1) is 17.1 Å². The largest absolute Gasteiger partial charge is 0.397 e. The molecule has 0 bridgehead atoms. The molecule has 5 nitrogen and oxygen atoms in total. The number of nitrogens with zero attached hydrogens (tertiary/aromatic N) is 2. The van der Waals surface area contributed by atoms with Crippen LogP contribution in [0.2, 0.25) is 0 Å². The summed E-state index contributed by atoms with van der Waals surface area (Å²) < 4.78 is 0. The standard InChI is InChI=1S/C24H18N4OS2/c1-14-13-30-24(26-14)28-22(29)21-20(25)19-17(15-8-4-2-5-9-15)12-18(27-23(19)31-21)16-10-6-3-7-11-16/h2-13H,25H2,1H3,(H,26,28,29). The van der Waals surface area contributed by atoms with Gasteiger partial charge in [0, 0.05) is 16.3 Å². The van der Waals surface area contributed by atoms with Crippen LogP contribution in [0.25, 0.3) is 32.6 Å². The predicted octanol–water partition coefficient (Wildman–Crippen LogP) is 6.23. The molecule has 0 aliphatic rings. The van der Waals surface area contributed by atoms with Crippen molar-refractivity contribution in [2.75, 3.05) is 11.1 Å². The lowest BCUT2D eigenvalue weighted by molar-refractivity contribution is 0.103. The Balaban J connectivity index is 1.68.